The first-order valence-corrected chi connectivity index (χ1v) is 5.64. The maximum Gasteiger partial charge on any atom is 0.0412 e. The Morgan fingerprint density at radius 1 is 1.69 bits per heavy atom. The Hall–Kier alpha value is -0.600. The summed E-state index contributed by atoms with van der Waals surface area (Å²) in [5.41, 5.74) is 0. The van der Waals surface area contributed by atoms with Crippen LogP contribution in [0.25, 0.3) is 0 Å². The molecule has 1 N–H and O–H groups in total. The molecule has 1 aromatic heterocycles. The third-order valence-corrected chi connectivity index (χ3v) is 3.02. The number of hydrogen-bond acceptors (Lipinski definition) is 2. The lowest BCUT2D eigenvalue weighted by atomic mass is 10.2. The molecule has 1 unspecified atom stereocenters. The molecular formula is C11H17NS. The molecule has 0 aliphatic heterocycles. The van der Waals surface area contributed by atoms with Gasteiger partial charge in [0.2, 0.25) is 0 Å². The summed E-state index contributed by atoms with van der Waals surface area (Å²) < 4.78 is 0. The lowest BCUT2D eigenvalue weighted by Crippen LogP contribution is -2.20. The van der Waals surface area contributed by atoms with Crippen molar-refractivity contribution in [2.45, 2.75) is 25.8 Å². The van der Waals surface area contributed by atoms with Gasteiger partial charge in [-0.1, -0.05) is 19.1 Å². The van der Waals surface area contributed by atoms with Crippen LogP contribution in [-0.4, -0.2) is 6.54 Å². The van der Waals surface area contributed by atoms with Gasteiger partial charge in [-0.2, -0.15) is 0 Å². The molecule has 1 aromatic rings. The normalized spacial score (nSPS) is 12.7. The van der Waals surface area contributed by atoms with Crippen LogP contribution in [-0.2, 0) is 0 Å². The van der Waals surface area contributed by atoms with E-state index in [2.05, 4.69) is 36.3 Å². The van der Waals surface area contributed by atoms with Gasteiger partial charge in [0.25, 0.3) is 0 Å². The third kappa shape index (κ3) is 3.33. The van der Waals surface area contributed by atoms with E-state index in [1.165, 1.54) is 4.88 Å². The third-order valence-electron chi connectivity index (χ3n) is 2.03. The molecule has 1 nitrogen and oxygen atoms in total. The van der Waals surface area contributed by atoms with Crippen molar-refractivity contribution in [1.29, 1.82) is 0 Å². The van der Waals surface area contributed by atoms with Crippen LogP contribution in [0.2, 0.25) is 0 Å². The monoisotopic (exact) mass is 195 g/mol. The van der Waals surface area contributed by atoms with Gasteiger partial charge in [0.1, 0.15) is 0 Å². The van der Waals surface area contributed by atoms with Gasteiger partial charge in [-0.25, -0.2) is 0 Å². The molecule has 0 bridgehead atoms. The van der Waals surface area contributed by atoms with Gasteiger partial charge in [0, 0.05) is 10.9 Å². The first-order chi connectivity index (χ1) is 6.38. The summed E-state index contributed by atoms with van der Waals surface area (Å²) >= 11 is 1.83. The highest BCUT2D eigenvalue weighted by atomic mass is 32.1. The minimum absolute atomic E-state index is 0.528. The van der Waals surface area contributed by atoms with Crippen molar-refractivity contribution in [2.24, 2.45) is 0 Å². The van der Waals surface area contributed by atoms with Gasteiger partial charge < -0.3 is 5.32 Å². The van der Waals surface area contributed by atoms with Crippen molar-refractivity contribution in [1.82, 2.24) is 5.32 Å². The van der Waals surface area contributed by atoms with Crippen LogP contribution in [0.3, 0.4) is 0 Å². The minimum atomic E-state index is 0.528. The molecular weight excluding hydrogens is 178 g/mol. The zero-order valence-electron chi connectivity index (χ0n) is 8.12. The van der Waals surface area contributed by atoms with Gasteiger partial charge in [-0.05, 0) is 30.8 Å². The number of hydrogen-bond donors (Lipinski definition) is 1. The summed E-state index contributed by atoms with van der Waals surface area (Å²) in [6, 6.07) is 4.83. The molecule has 0 aliphatic carbocycles. The second-order valence-corrected chi connectivity index (χ2v) is 3.99. The molecule has 0 fully saturated rings. The average Bonchev–Trinajstić information content (AvgIpc) is 2.65. The largest absolute Gasteiger partial charge is 0.309 e. The van der Waals surface area contributed by atoms with E-state index in [9.17, 15) is 0 Å². The van der Waals surface area contributed by atoms with Gasteiger partial charge >= 0.3 is 0 Å². The Bertz CT molecular complexity index is 228. The Labute approximate surface area is 84.5 Å². The van der Waals surface area contributed by atoms with E-state index in [4.69, 9.17) is 0 Å². The fourth-order valence-electron chi connectivity index (χ4n) is 1.30. The zero-order chi connectivity index (χ0) is 9.52. The van der Waals surface area contributed by atoms with E-state index >= 15 is 0 Å². The second-order valence-electron chi connectivity index (χ2n) is 3.01. The Kier molecular flexibility index (Phi) is 4.79. The van der Waals surface area contributed by atoms with Crippen LogP contribution >= 0.6 is 11.3 Å². The zero-order valence-corrected chi connectivity index (χ0v) is 8.94. The summed E-state index contributed by atoms with van der Waals surface area (Å²) in [6.07, 6.45) is 4.15. The molecule has 0 aromatic carbocycles. The molecule has 13 heavy (non-hydrogen) atoms. The molecule has 2 heteroatoms. The minimum Gasteiger partial charge on any atom is -0.309 e. The highest BCUT2D eigenvalue weighted by Crippen LogP contribution is 2.21. The standard InChI is InChI=1S/C11H17NS/c1-3-5-8-12-10(4-2)11-7-6-9-13-11/h3,6-7,9-10,12H,1,4-5,8H2,2H3. The first kappa shape index (κ1) is 10.5. The molecule has 0 radical (unpaired) electrons. The predicted molar refractivity (Wildman–Crippen MR) is 60.2 cm³/mol. The summed E-state index contributed by atoms with van der Waals surface area (Å²) in [5, 5.41) is 5.64. The van der Waals surface area contributed by atoms with E-state index in [1.54, 1.807) is 0 Å². The van der Waals surface area contributed by atoms with E-state index in [1.807, 2.05) is 17.4 Å². The van der Waals surface area contributed by atoms with Crippen molar-refractivity contribution in [3.05, 3.63) is 35.0 Å². The van der Waals surface area contributed by atoms with Gasteiger partial charge in [0.15, 0.2) is 0 Å². The van der Waals surface area contributed by atoms with Crippen LogP contribution in [0.15, 0.2) is 30.2 Å². The quantitative estimate of drug-likeness (QED) is 0.542. The maximum atomic E-state index is 3.71. The summed E-state index contributed by atoms with van der Waals surface area (Å²) in [5.74, 6) is 0. The molecule has 1 atom stereocenters. The van der Waals surface area contributed by atoms with Gasteiger partial charge in [-0.3, -0.25) is 0 Å². The lowest BCUT2D eigenvalue weighted by molar-refractivity contribution is 0.533. The van der Waals surface area contributed by atoms with Crippen molar-refractivity contribution in [2.75, 3.05) is 6.54 Å². The fourth-order valence-corrected chi connectivity index (χ4v) is 2.18. The molecule has 0 amide bonds. The summed E-state index contributed by atoms with van der Waals surface area (Å²) in [6.45, 7) is 6.95. The highest BCUT2D eigenvalue weighted by molar-refractivity contribution is 7.10. The number of nitrogens with one attached hydrogen (secondary N) is 1. The maximum absolute atomic E-state index is 3.71. The highest BCUT2D eigenvalue weighted by Gasteiger charge is 2.07. The molecule has 0 aliphatic rings. The molecule has 0 spiro atoms. The van der Waals surface area contributed by atoms with Crippen LogP contribution in [0.4, 0.5) is 0 Å². The Morgan fingerprint density at radius 3 is 3.08 bits per heavy atom. The predicted octanol–water partition coefficient (Wildman–Crippen LogP) is 3.36. The number of thiophene rings is 1. The van der Waals surface area contributed by atoms with Crippen molar-refractivity contribution in [3.63, 3.8) is 0 Å². The van der Waals surface area contributed by atoms with Crippen LogP contribution in [0, 0.1) is 0 Å². The Balaban J connectivity index is 2.39. The van der Waals surface area contributed by atoms with E-state index < -0.39 is 0 Å². The molecule has 72 valence electrons. The lowest BCUT2D eigenvalue weighted by Gasteiger charge is -2.14. The smallest absolute Gasteiger partial charge is 0.0412 e. The summed E-state index contributed by atoms with van der Waals surface area (Å²) in [7, 11) is 0. The number of rotatable bonds is 6. The fraction of sp³-hybridized carbons (Fsp3) is 0.455. The molecule has 0 saturated heterocycles. The SMILES string of the molecule is C=CCCNC(CC)c1cccs1. The van der Waals surface area contributed by atoms with Crippen LogP contribution in [0.5, 0.6) is 0 Å². The first-order valence-electron chi connectivity index (χ1n) is 4.76. The van der Waals surface area contributed by atoms with Crippen LogP contribution in [0.1, 0.15) is 30.7 Å². The van der Waals surface area contributed by atoms with Crippen molar-refractivity contribution < 1.29 is 0 Å². The average molecular weight is 195 g/mol. The Morgan fingerprint density at radius 2 is 2.54 bits per heavy atom. The van der Waals surface area contributed by atoms with E-state index in [-0.39, 0.29) is 0 Å². The molecule has 1 heterocycles. The van der Waals surface area contributed by atoms with Gasteiger partial charge in [-0.15, -0.1) is 17.9 Å². The van der Waals surface area contributed by atoms with E-state index in [0.717, 1.165) is 19.4 Å². The van der Waals surface area contributed by atoms with Gasteiger partial charge in [0.05, 0.1) is 0 Å². The second kappa shape index (κ2) is 5.95. The molecule has 1 rings (SSSR count). The summed E-state index contributed by atoms with van der Waals surface area (Å²) in [4.78, 5) is 1.44. The van der Waals surface area contributed by atoms with E-state index in [0.29, 0.717) is 6.04 Å². The topological polar surface area (TPSA) is 12.0 Å². The van der Waals surface area contributed by atoms with Crippen LogP contribution < -0.4 is 5.32 Å². The van der Waals surface area contributed by atoms with Crippen molar-refractivity contribution >= 4 is 11.3 Å². The van der Waals surface area contributed by atoms with Crippen molar-refractivity contribution in [3.8, 4) is 0 Å². The molecule has 0 saturated carbocycles.